The highest BCUT2D eigenvalue weighted by atomic mass is 35.5. The van der Waals surface area contributed by atoms with Gasteiger partial charge in [0.1, 0.15) is 5.75 Å². The highest BCUT2D eigenvalue weighted by Crippen LogP contribution is 2.20. The van der Waals surface area contributed by atoms with Gasteiger partial charge in [0.2, 0.25) is 0 Å². The minimum atomic E-state index is 0.244. The number of aromatic nitrogens is 2. The fourth-order valence-electron chi connectivity index (χ4n) is 1.93. The molecule has 1 heterocycles. The van der Waals surface area contributed by atoms with E-state index in [1.54, 1.807) is 36.0 Å². The fraction of sp³-hybridized carbons (Fsp3) is 0.176. The molecule has 0 N–H and O–H groups in total. The maximum atomic E-state index is 5.83. The zero-order valence-electron chi connectivity index (χ0n) is 12.3. The van der Waals surface area contributed by atoms with Gasteiger partial charge in [-0.25, -0.2) is 0 Å². The van der Waals surface area contributed by atoms with Crippen molar-refractivity contribution in [1.82, 2.24) is 10.2 Å². The van der Waals surface area contributed by atoms with Crippen LogP contribution in [-0.2, 0) is 13.0 Å². The molecule has 0 aliphatic carbocycles. The summed E-state index contributed by atoms with van der Waals surface area (Å²) in [5, 5.41) is 9.24. The topological polar surface area (TPSA) is 48.2 Å². The van der Waals surface area contributed by atoms with Crippen LogP contribution in [0.5, 0.6) is 5.75 Å². The Kier molecular flexibility index (Phi) is 5.56. The van der Waals surface area contributed by atoms with Crippen molar-refractivity contribution in [3.8, 4) is 5.75 Å². The normalized spacial score (nSPS) is 10.7. The summed E-state index contributed by atoms with van der Waals surface area (Å²) in [4.78, 5) is 0. The molecular formula is C17H15ClN2O2S. The number of hydrogen-bond donors (Lipinski definition) is 0. The number of nitrogens with zero attached hydrogens (tertiary/aromatic N) is 2. The van der Waals surface area contributed by atoms with Crippen LogP contribution in [0.3, 0.4) is 0 Å². The molecule has 4 nitrogen and oxygen atoms in total. The molecule has 0 radical (unpaired) electrons. The molecule has 0 aliphatic rings. The van der Waals surface area contributed by atoms with Gasteiger partial charge in [0, 0.05) is 10.8 Å². The molecule has 0 amide bonds. The van der Waals surface area contributed by atoms with E-state index < -0.39 is 0 Å². The van der Waals surface area contributed by atoms with Gasteiger partial charge in [-0.05, 0) is 36.2 Å². The van der Waals surface area contributed by atoms with Gasteiger partial charge in [0.15, 0.2) is 6.61 Å². The van der Waals surface area contributed by atoms with E-state index in [4.69, 9.17) is 20.8 Å². The average molecular weight is 347 g/mol. The van der Waals surface area contributed by atoms with E-state index in [1.165, 1.54) is 5.56 Å². The SMILES string of the molecule is Clc1ccc(OCc2nnc(SCCc3ccccc3)o2)cc1. The standard InChI is InChI=1S/C17H15ClN2O2S/c18-14-6-8-15(9-7-14)21-12-16-19-20-17(22-16)23-11-10-13-4-2-1-3-5-13/h1-9H,10-12H2. The second-order valence-electron chi connectivity index (χ2n) is 4.79. The lowest BCUT2D eigenvalue weighted by Crippen LogP contribution is -1.95. The van der Waals surface area contributed by atoms with Gasteiger partial charge in [0.25, 0.3) is 11.1 Å². The first kappa shape index (κ1) is 15.9. The molecule has 23 heavy (non-hydrogen) atoms. The number of halogens is 1. The van der Waals surface area contributed by atoms with Gasteiger partial charge in [-0.2, -0.15) is 0 Å². The third-order valence-electron chi connectivity index (χ3n) is 3.08. The van der Waals surface area contributed by atoms with Crippen molar-refractivity contribution in [3.63, 3.8) is 0 Å². The molecule has 0 fully saturated rings. The van der Waals surface area contributed by atoms with E-state index in [-0.39, 0.29) is 6.61 Å². The lowest BCUT2D eigenvalue weighted by atomic mass is 10.2. The monoisotopic (exact) mass is 346 g/mol. The summed E-state index contributed by atoms with van der Waals surface area (Å²) in [5.41, 5.74) is 1.30. The van der Waals surface area contributed by atoms with Crippen LogP contribution in [0.25, 0.3) is 0 Å². The summed E-state index contributed by atoms with van der Waals surface area (Å²) < 4.78 is 11.1. The zero-order valence-corrected chi connectivity index (χ0v) is 13.9. The van der Waals surface area contributed by atoms with Crippen LogP contribution in [0.15, 0.2) is 64.2 Å². The third-order valence-corrected chi connectivity index (χ3v) is 4.16. The van der Waals surface area contributed by atoms with Crippen LogP contribution in [0.2, 0.25) is 5.02 Å². The Morgan fingerprint density at radius 2 is 1.78 bits per heavy atom. The van der Waals surface area contributed by atoms with E-state index in [9.17, 15) is 0 Å². The van der Waals surface area contributed by atoms with Gasteiger partial charge < -0.3 is 9.15 Å². The van der Waals surface area contributed by atoms with E-state index in [1.807, 2.05) is 18.2 Å². The minimum Gasteiger partial charge on any atom is -0.484 e. The number of ether oxygens (including phenoxy) is 1. The summed E-state index contributed by atoms with van der Waals surface area (Å²) >= 11 is 7.37. The average Bonchev–Trinajstić information content (AvgIpc) is 3.03. The summed E-state index contributed by atoms with van der Waals surface area (Å²) in [7, 11) is 0. The van der Waals surface area contributed by atoms with Gasteiger partial charge in [0.05, 0.1) is 0 Å². The Bertz CT molecular complexity index is 732. The number of rotatable bonds is 7. The molecule has 0 saturated heterocycles. The van der Waals surface area contributed by atoms with Gasteiger partial charge in [-0.3, -0.25) is 0 Å². The number of benzene rings is 2. The molecule has 0 spiro atoms. The molecule has 3 rings (SSSR count). The van der Waals surface area contributed by atoms with E-state index in [0.29, 0.717) is 21.9 Å². The molecule has 0 bridgehead atoms. The Hall–Kier alpha value is -1.98. The molecule has 1 aromatic heterocycles. The highest BCUT2D eigenvalue weighted by molar-refractivity contribution is 7.99. The molecule has 2 aromatic carbocycles. The molecule has 3 aromatic rings. The molecule has 118 valence electrons. The van der Waals surface area contributed by atoms with Crippen molar-refractivity contribution in [2.24, 2.45) is 0 Å². The predicted molar refractivity (Wildman–Crippen MR) is 91.0 cm³/mol. The molecule has 0 atom stereocenters. The van der Waals surface area contributed by atoms with Crippen molar-refractivity contribution in [1.29, 1.82) is 0 Å². The lowest BCUT2D eigenvalue weighted by molar-refractivity contribution is 0.252. The van der Waals surface area contributed by atoms with Gasteiger partial charge in [-0.1, -0.05) is 53.7 Å². The lowest BCUT2D eigenvalue weighted by Gasteiger charge is -2.02. The van der Waals surface area contributed by atoms with Crippen molar-refractivity contribution < 1.29 is 9.15 Å². The highest BCUT2D eigenvalue weighted by Gasteiger charge is 2.07. The molecule has 0 unspecified atom stereocenters. The van der Waals surface area contributed by atoms with Crippen molar-refractivity contribution >= 4 is 23.4 Å². The van der Waals surface area contributed by atoms with Gasteiger partial charge in [-0.15, -0.1) is 10.2 Å². The molecule has 0 aliphatic heterocycles. The maximum absolute atomic E-state index is 5.83. The van der Waals surface area contributed by atoms with Crippen molar-refractivity contribution in [2.75, 3.05) is 5.75 Å². The first-order valence-corrected chi connectivity index (χ1v) is 8.53. The first-order chi connectivity index (χ1) is 11.3. The van der Waals surface area contributed by atoms with Crippen molar-refractivity contribution in [2.45, 2.75) is 18.3 Å². The third kappa shape index (κ3) is 5.01. The van der Waals surface area contributed by atoms with E-state index in [2.05, 4.69) is 22.3 Å². The summed E-state index contributed by atoms with van der Waals surface area (Å²) in [6, 6.07) is 17.5. The van der Waals surface area contributed by atoms with Crippen LogP contribution < -0.4 is 4.74 Å². The van der Waals surface area contributed by atoms with E-state index >= 15 is 0 Å². The van der Waals surface area contributed by atoms with Crippen LogP contribution in [0.1, 0.15) is 11.5 Å². The van der Waals surface area contributed by atoms with Crippen LogP contribution in [0, 0.1) is 0 Å². The first-order valence-electron chi connectivity index (χ1n) is 7.17. The van der Waals surface area contributed by atoms with Gasteiger partial charge >= 0.3 is 0 Å². The van der Waals surface area contributed by atoms with Crippen LogP contribution in [0.4, 0.5) is 0 Å². The Morgan fingerprint density at radius 3 is 2.57 bits per heavy atom. The maximum Gasteiger partial charge on any atom is 0.276 e. The van der Waals surface area contributed by atoms with Crippen molar-refractivity contribution in [3.05, 3.63) is 71.1 Å². The Morgan fingerprint density at radius 1 is 1.00 bits per heavy atom. The predicted octanol–water partition coefficient (Wildman–Crippen LogP) is 4.64. The summed E-state index contributed by atoms with van der Waals surface area (Å²) in [6.07, 6.45) is 0.963. The fourth-order valence-corrected chi connectivity index (χ4v) is 2.82. The van der Waals surface area contributed by atoms with E-state index in [0.717, 1.165) is 12.2 Å². The zero-order chi connectivity index (χ0) is 15.9. The number of aryl methyl sites for hydroxylation is 1. The minimum absolute atomic E-state index is 0.244. The molecular weight excluding hydrogens is 332 g/mol. The molecule has 0 saturated carbocycles. The second-order valence-corrected chi connectivity index (χ2v) is 6.27. The second kappa shape index (κ2) is 8.04. The number of thioether (sulfide) groups is 1. The quantitative estimate of drug-likeness (QED) is 0.583. The Labute approximate surface area is 143 Å². The largest absolute Gasteiger partial charge is 0.484 e. The Balaban J connectivity index is 1.45. The summed E-state index contributed by atoms with van der Waals surface area (Å²) in [6.45, 7) is 0.244. The molecule has 6 heteroatoms. The smallest absolute Gasteiger partial charge is 0.276 e. The van der Waals surface area contributed by atoms with Crippen LogP contribution in [-0.4, -0.2) is 16.0 Å². The van der Waals surface area contributed by atoms with Crippen LogP contribution >= 0.6 is 23.4 Å². The summed E-state index contributed by atoms with van der Waals surface area (Å²) in [5.74, 6) is 2.07. The number of hydrogen-bond acceptors (Lipinski definition) is 5.